The highest BCUT2D eigenvalue weighted by Gasteiger charge is 2.31. The maximum atomic E-state index is 12.3. The van der Waals surface area contributed by atoms with E-state index in [9.17, 15) is 4.55 Å². The summed E-state index contributed by atoms with van der Waals surface area (Å²) in [5.74, 6) is 0.368. The average molecular weight is 317 g/mol. The first-order valence-corrected chi connectivity index (χ1v) is 8.44. The van der Waals surface area contributed by atoms with E-state index in [1.165, 1.54) is 11.3 Å². The van der Waals surface area contributed by atoms with Gasteiger partial charge in [-0.3, -0.25) is 0 Å². The molecule has 1 aromatic rings. The van der Waals surface area contributed by atoms with Crippen molar-refractivity contribution >= 4 is 28.5 Å². The molecule has 0 amide bonds. The van der Waals surface area contributed by atoms with E-state index in [-0.39, 0.29) is 22.5 Å². The van der Waals surface area contributed by atoms with Crippen LogP contribution in [0.5, 0.6) is 0 Å². The average Bonchev–Trinajstić information content (AvgIpc) is 2.82. The Hall–Kier alpha value is -0.760. The Morgan fingerprint density at radius 2 is 2.10 bits per heavy atom. The van der Waals surface area contributed by atoms with Crippen LogP contribution < -0.4 is 10.5 Å². The van der Waals surface area contributed by atoms with E-state index in [1.54, 1.807) is 0 Å². The van der Waals surface area contributed by atoms with E-state index in [1.807, 2.05) is 32.2 Å². The Labute approximate surface area is 127 Å². The Morgan fingerprint density at radius 1 is 1.50 bits per heavy atom. The number of nitrogens with one attached hydrogen (secondary N) is 1. The van der Waals surface area contributed by atoms with Crippen molar-refractivity contribution in [3.8, 4) is 0 Å². The Kier molecular flexibility index (Phi) is 5.88. The zero-order valence-electron chi connectivity index (χ0n) is 12.5. The van der Waals surface area contributed by atoms with Crippen LogP contribution in [0.3, 0.4) is 0 Å². The van der Waals surface area contributed by atoms with Crippen molar-refractivity contribution in [2.45, 2.75) is 45.4 Å². The number of rotatable bonds is 5. The topological polar surface area (TPSA) is 93.7 Å². The standard InChI is InChI=1S/C13H23N3O2S2/c1-8(2)11(16-20(18)13(3,4)5)10-6-9(7-19-10)12(14)15-17/h6-8,11,16-17H,1-5H3,(H2,14,15). The van der Waals surface area contributed by atoms with Gasteiger partial charge in [0.05, 0.1) is 6.04 Å². The number of thiophene rings is 1. The highest BCUT2D eigenvalue weighted by Crippen LogP contribution is 2.30. The van der Waals surface area contributed by atoms with Gasteiger partial charge in [0.1, 0.15) is 4.75 Å². The fraction of sp³-hybridized carbons (Fsp3) is 0.615. The second-order valence-electron chi connectivity index (χ2n) is 5.94. The van der Waals surface area contributed by atoms with Gasteiger partial charge < -0.3 is 15.5 Å². The van der Waals surface area contributed by atoms with Crippen molar-refractivity contribution in [2.24, 2.45) is 16.8 Å². The largest absolute Gasteiger partial charge is 0.598 e. The molecule has 1 heterocycles. The maximum absolute atomic E-state index is 12.3. The van der Waals surface area contributed by atoms with Gasteiger partial charge in [-0.2, -0.15) is 0 Å². The molecular formula is C13H23N3O2S2. The Bertz CT molecular complexity index is 466. The summed E-state index contributed by atoms with van der Waals surface area (Å²) in [5.41, 5.74) is 6.26. The third-order valence-corrected chi connectivity index (χ3v) is 5.38. The predicted molar refractivity (Wildman–Crippen MR) is 85.4 cm³/mol. The highest BCUT2D eigenvalue weighted by molar-refractivity contribution is 7.90. The zero-order chi connectivity index (χ0) is 15.5. The van der Waals surface area contributed by atoms with Crippen molar-refractivity contribution < 1.29 is 9.76 Å². The van der Waals surface area contributed by atoms with Crippen LogP contribution in [0, 0.1) is 5.92 Å². The lowest BCUT2D eigenvalue weighted by Gasteiger charge is -2.29. The lowest BCUT2D eigenvalue weighted by molar-refractivity contribution is 0.318. The number of nitrogens with two attached hydrogens (primary N) is 1. The molecule has 0 aliphatic carbocycles. The Morgan fingerprint density at radius 3 is 2.55 bits per heavy atom. The van der Waals surface area contributed by atoms with Gasteiger partial charge >= 0.3 is 0 Å². The summed E-state index contributed by atoms with van der Waals surface area (Å²) in [7, 11) is 0. The highest BCUT2D eigenvalue weighted by atomic mass is 32.2. The molecule has 4 N–H and O–H groups in total. The normalized spacial score (nSPS) is 16.4. The summed E-state index contributed by atoms with van der Waals surface area (Å²) >= 11 is 0.368. The van der Waals surface area contributed by atoms with Gasteiger partial charge in [-0.1, -0.05) is 19.0 Å². The van der Waals surface area contributed by atoms with Crippen molar-refractivity contribution in [1.29, 1.82) is 0 Å². The fourth-order valence-electron chi connectivity index (χ4n) is 1.52. The quantitative estimate of drug-likeness (QED) is 0.256. The van der Waals surface area contributed by atoms with Crippen molar-refractivity contribution in [3.63, 3.8) is 0 Å². The molecule has 0 saturated carbocycles. The van der Waals surface area contributed by atoms with E-state index in [0.29, 0.717) is 5.56 Å². The van der Waals surface area contributed by atoms with Crippen LogP contribution >= 0.6 is 11.3 Å². The molecule has 0 aromatic carbocycles. The summed E-state index contributed by atoms with van der Waals surface area (Å²) in [4.78, 5) is 1.03. The van der Waals surface area contributed by atoms with Gasteiger partial charge in [0.2, 0.25) is 0 Å². The molecular weight excluding hydrogens is 294 g/mol. The van der Waals surface area contributed by atoms with Crippen molar-refractivity contribution in [1.82, 2.24) is 4.72 Å². The third-order valence-electron chi connectivity index (χ3n) is 2.79. The number of hydrogen-bond donors (Lipinski definition) is 3. The molecule has 0 radical (unpaired) electrons. The molecule has 1 aromatic heterocycles. The molecule has 0 aliphatic heterocycles. The summed E-state index contributed by atoms with van der Waals surface area (Å²) in [5, 5.41) is 13.5. The number of nitrogens with zero attached hydrogens (tertiary/aromatic N) is 1. The first-order chi connectivity index (χ1) is 9.16. The molecule has 7 heteroatoms. The third kappa shape index (κ3) is 4.37. The van der Waals surface area contributed by atoms with Gasteiger partial charge in [-0.05, 0) is 32.8 Å². The summed E-state index contributed by atoms with van der Waals surface area (Å²) in [6.07, 6.45) is 0. The molecule has 2 atom stereocenters. The zero-order valence-corrected chi connectivity index (χ0v) is 14.1. The fourth-order valence-corrected chi connectivity index (χ4v) is 3.71. The van der Waals surface area contributed by atoms with Crippen molar-refractivity contribution in [2.75, 3.05) is 0 Å². The lowest BCUT2D eigenvalue weighted by atomic mass is 10.0. The van der Waals surface area contributed by atoms with Crippen LogP contribution in [0.15, 0.2) is 16.6 Å². The molecule has 0 bridgehead atoms. The minimum absolute atomic E-state index is 0.0275. The number of oxime groups is 1. The molecule has 0 spiro atoms. The van der Waals surface area contributed by atoms with Crippen LogP contribution in [0.1, 0.15) is 51.1 Å². The lowest BCUT2D eigenvalue weighted by Crippen LogP contribution is -2.42. The predicted octanol–water partition coefficient (Wildman–Crippen LogP) is 2.59. The Balaban J connectivity index is 2.95. The summed E-state index contributed by atoms with van der Waals surface area (Å²) in [6, 6.07) is 1.84. The molecule has 114 valence electrons. The minimum atomic E-state index is -1.15. The maximum Gasteiger partial charge on any atom is 0.170 e. The van der Waals surface area contributed by atoms with Gasteiger partial charge in [0.15, 0.2) is 5.84 Å². The molecule has 2 unspecified atom stereocenters. The molecule has 5 nitrogen and oxygen atoms in total. The van der Waals surface area contributed by atoms with Crippen LogP contribution in [-0.4, -0.2) is 20.3 Å². The van der Waals surface area contributed by atoms with Crippen LogP contribution in [-0.2, 0) is 11.4 Å². The summed E-state index contributed by atoms with van der Waals surface area (Å²) in [6.45, 7) is 9.94. The van der Waals surface area contributed by atoms with E-state index in [2.05, 4.69) is 23.7 Å². The van der Waals surface area contributed by atoms with Gasteiger partial charge in [0.25, 0.3) is 0 Å². The van der Waals surface area contributed by atoms with E-state index < -0.39 is 11.4 Å². The number of amidine groups is 1. The first-order valence-electron chi connectivity index (χ1n) is 6.41. The van der Waals surface area contributed by atoms with Gasteiger partial charge in [0, 0.05) is 27.2 Å². The molecule has 0 aliphatic rings. The molecule has 1 rings (SSSR count). The monoisotopic (exact) mass is 317 g/mol. The van der Waals surface area contributed by atoms with Crippen LogP contribution in [0.2, 0.25) is 0 Å². The molecule has 20 heavy (non-hydrogen) atoms. The molecule has 0 fully saturated rings. The van der Waals surface area contributed by atoms with Gasteiger partial charge in [-0.25, -0.2) is 0 Å². The van der Waals surface area contributed by atoms with Gasteiger partial charge in [-0.15, -0.1) is 16.1 Å². The first kappa shape index (κ1) is 17.3. The minimum Gasteiger partial charge on any atom is -0.598 e. The van der Waals surface area contributed by atoms with Crippen molar-refractivity contribution in [3.05, 3.63) is 21.9 Å². The van der Waals surface area contributed by atoms with E-state index in [0.717, 1.165) is 4.88 Å². The summed E-state index contributed by atoms with van der Waals surface area (Å²) < 4.78 is 15.1. The van der Waals surface area contributed by atoms with Crippen LogP contribution in [0.25, 0.3) is 0 Å². The second kappa shape index (κ2) is 6.80. The SMILES string of the molecule is CC(C)C(N[S+]([O-])C(C)(C)C)c1cc(C(N)=NO)cs1. The number of hydrogen-bond acceptors (Lipinski definition) is 5. The molecule has 0 saturated heterocycles. The van der Waals surface area contributed by atoms with E-state index >= 15 is 0 Å². The van der Waals surface area contributed by atoms with E-state index in [4.69, 9.17) is 10.9 Å². The second-order valence-corrected chi connectivity index (χ2v) is 8.88. The smallest absolute Gasteiger partial charge is 0.170 e. The van der Waals surface area contributed by atoms with Crippen LogP contribution in [0.4, 0.5) is 0 Å².